The molecule has 0 unspecified atom stereocenters. The van der Waals surface area contributed by atoms with Crippen molar-refractivity contribution < 1.29 is 0 Å². The molecule has 0 fully saturated rings. The van der Waals surface area contributed by atoms with Gasteiger partial charge in [0.25, 0.3) is 0 Å². The molecular weight excluding hydrogens is 242 g/mol. The molecule has 0 N–H and O–H groups in total. The maximum atomic E-state index is 4.59. The van der Waals surface area contributed by atoms with E-state index >= 15 is 0 Å². The first-order chi connectivity index (χ1) is 9.65. The summed E-state index contributed by atoms with van der Waals surface area (Å²) in [5.41, 5.74) is 4.90. The van der Waals surface area contributed by atoms with Crippen LogP contribution in [0.5, 0.6) is 0 Å². The Morgan fingerprint density at radius 3 is 2.55 bits per heavy atom. The molecule has 0 aliphatic carbocycles. The van der Waals surface area contributed by atoms with Crippen LogP contribution in [0.4, 0.5) is 0 Å². The van der Waals surface area contributed by atoms with Crippen molar-refractivity contribution in [3.63, 3.8) is 0 Å². The second-order valence-electron chi connectivity index (χ2n) is 5.66. The van der Waals surface area contributed by atoms with Crippen molar-refractivity contribution in [3.05, 3.63) is 65.9 Å². The molecule has 0 saturated heterocycles. The number of hydrogen-bond acceptors (Lipinski definition) is 1. The van der Waals surface area contributed by atoms with Gasteiger partial charge >= 0.3 is 0 Å². The molecule has 1 heterocycles. The van der Waals surface area contributed by atoms with E-state index in [0.717, 1.165) is 5.69 Å². The van der Waals surface area contributed by atoms with Crippen molar-refractivity contribution in [2.45, 2.75) is 26.7 Å². The van der Waals surface area contributed by atoms with Crippen molar-refractivity contribution >= 4 is 10.8 Å². The molecule has 20 heavy (non-hydrogen) atoms. The topological polar surface area (TPSA) is 12.9 Å². The highest BCUT2D eigenvalue weighted by atomic mass is 14.7. The fourth-order valence-corrected chi connectivity index (χ4v) is 2.58. The molecule has 1 heteroatoms. The fourth-order valence-electron chi connectivity index (χ4n) is 2.58. The minimum atomic E-state index is 0.551. The Kier molecular flexibility index (Phi) is 3.27. The van der Waals surface area contributed by atoms with Crippen molar-refractivity contribution in [2.75, 3.05) is 0 Å². The summed E-state index contributed by atoms with van der Waals surface area (Å²) in [5, 5.41) is 2.49. The van der Waals surface area contributed by atoms with Crippen LogP contribution in [0.15, 0.2) is 54.7 Å². The molecule has 0 spiro atoms. The van der Waals surface area contributed by atoms with Crippen LogP contribution in [0.25, 0.3) is 22.0 Å². The third kappa shape index (κ3) is 2.32. The molecule has 0 aliphatic heterocycles. The Morgan fingerprint density at radius 1 is 0.950 bits per heavy atom. The fraction of sp³-hybridized carbons (Fsp3) is 0.211. The largest absolute Gasteiger partial charge is 0.256 e. The van der Waals surface area contributed by atoms with Crippen LogP contribution in [0.2, 0.25) is 0 Å². The summed E-state index contributed by atoms with van der Waals surface area (Å²) in [5.74, 6) is 0.551. The zero-order valence-electron chi connectivity index (χ0n) is 12.2. The minimum absolute atomic E-state index is 0.551. The highest BCUT2D eigenvalue weighted by molar-refractivity contribution is 5.94. The van der Waals surface area contributed by atoms with Gasteiger partial charge in [0.2, 0.25) is 0 Å². The summed E-state index contributed by atoms with van der Waals surface area (Å²) >= 11 is 0. The lowest BCUT2D eigenvalue weighted by molar-refractivity contribution is 0.869. The lowest BCUT2D eigenvalue weighted by Gasteiger charge is -2.10. The van der Waals surface area contributed by atoms with Gasteiger partial charge in [-0.15, -0.1) is 0 Å². The summed E-state index contributed by atoms with van der Waals surface area (Å²) in [6, 6.07) is 17.3. The molecule has 1 nitrogen and oxygen atoms in total. The van der Waals surface area contributed by atoms with Gasteiger partial charge in [0.05, 0.1) is 5.69 Å². The van der Waals surface area contributed by atoms with Crippen LogP contribution < -0.4 is 0 Å². The zero-order chi connectivity index (χ0) is 14.1. The summed E-state index contributed by atoms with van der Waals surface area (Å²) in [6.07, 6.45) is 1.91. The SMILES string of the molecule is Cc1cccc(-c2nccc3cc(C(C)C)ccc23)c1. The smallest absolute Gasteiger partial charge is 0.0780 e. The maximum absolute atomic E-state index is 4.59. The van der Waals surface area contributed by atoms with E-state index in [-0.39, 0.29) is 0 Å². The van der Waals surface area contributed by atoms with Crippen LogP contribution in [0.3, 0.4) is 0 Å². The number of rotatable bonds is 2. The van der Waals surface area contributed by atoms with E-state index in [0.29, 0.717) is 5.92 Å². The molecule has 100 valence electrons. The Morgan fingerprint density at radius 2 is 1.80 bits per heavy atom. The normalized spacial score (nSPS) is 11.2. The maximum Gasteiger partial charge on any atom is 0.0780 e. The molecule has 3 rings (SSSR count). The second kappa shape index (κ2) is 5.09. The third-order valence-corrected chi connectivity index (χ3v) is 3.75. The van der Waals surface area contributed by atoms with Gasteiger partial charge in [-0.05, 0) is 35.9 Å². The van der Waals surface area contributed by atoms with Gasteiger partial charge in [-0.2, -0.15) is 0 Å². The van der Waals surface area contributed by atoms with Gasteiger partial charge in [-0.25, -0.2) is 0 Å². The zero-order valence-corrected chi connectivity index (χ0v) is 12.2. The van der Waals surface area contributed by atoms with Crippen LogP contribution in [-0.2, 0) is 0 Å². The summed E-state index contributed by atoms with van der Waals surface area (Å²) in [6.45, 7) is 6.57. The third-order valence-electron chi connectivity index (χ3n) is 3.75. The Labute approximate surface area is 120 Å². The van der Waals surface area contributed by atoms with Crippen molar-refractivity contribution in [1.82, 2.24) is 4.98 Å². The highest BCUT2D eigenvalue weighted by Gasteiger charge is 2.07. The lowest BCUT2D eigenvalue weighted by Crippen LogP contribution is -1.90. The number of hydrogen-bond donors (Lipinski definition) is 0. The lowest BCUT2D eigenvalue weighted by atomic mass is 9.97. The molecule has 0 radical (unpaired) electrons. The van der Waals surface area contributed by atoms with Crippen LogP contribution in [-0.4, -0.2) is 4.98 Å². The molecule has 2 aromatic carbocycles. The summed E-state index contributed by atoms with van der Waals surface area (Å²) < 4.78 is 0. The van der Waals surface area contributed by atoms with E-state index in [1.165, 1.54) is 27.5 Å². The average Bonchev–Trinajstić information content (AvgIpc) is 2.46. The van der Waals surface area contributed by atoms with Crippen LogP contribution in [0.1, 0.15) is 30.9 Å². The molecule has 3 aromatic rings. The van der Waals surface area contributed by atoms with Crippen LogP contribution >= 0.6 is 0 Å². The molecule has 0 saturated carbocycles. The monoisotopic (exact) mass is 261 g/mol. The first kappa shape index (κ1) is 12.9. The van der Waals surface area contributed by atoms with Crippen molar-refractivity contribution in [2.24, 2.45) is 0 Å². The molecular formula is C19H19N. The van der Waals surface area contributed by atoms with E-state index in [2.05, 4.69) is 74.3 Å². The average molecular weight is 261 g/mol. The molecule has 1 aromatic heterocycles. The predicted octanol–water partition coefficient (Wildman–Crippen LogP) is 5.33. The highest BCUT2D eigenvalue weighted by Crippen LogP contribution is 2.29. The first-order valence-corrected chi connectivity index (χ1v) is 7.11. The Hall–Kier alpha value is -2.15. The summed E-state index contributed by atoms with van der Waals surface area (Å²) in [7, 11) is 0. The first-order valence-electron chi connectivity index (χ1n) is 7.11. The number of pyridine rings is 1. The van der Waals surface area contributed by atoms with E-state index < -0.39 is 0 Å². The molecule has 0 aliphatic rings. The minimum Gasteiger partial charge on any atom is -0.256 e. The van der Waals surface area contributed by atoms with Crippen molar-refractivity contribution in [1.29, 1.82) is 0 Å². The number of aryl methyl sites for hydroxylation is 1. The number of benzene rings is 2. The van der Waals surface area contributed by atoms with E-state index in [1.54, 1.807) is 0 Å². The van der Waals surface area contributed by atoms with Gasteiger partial charge in [-0.1, -0.05) is 55.8 Å². The van der Waals surface area contributed by atoms with Gasteiger partial charge in [0.1, 0.15) is 0 Å². The number of nitrogens with zero attached hydrogens (tertiary/aromatic N) is 1. The number of fused-ring (bicyclic) bond motifs is 1. The van der Waals surface area contributed by atoms with Gasteiger partial charge in [0.15, 0.2) is 0 Å². The summed E-state index contributed by atoms with van der Waals surface area (Å²) in [4.78, 5) is 4.59. The quantitative estimate of drug-likeness (QED) is 0.607. The van der Waals surface area contributed by atoms with Crippen LogP contribution in [0, 0.1) is 6.92 Å². The standard InChI is InChI=1S/C19H19N/c1-13(2)15-7-8-18-16(12-15)9-10-20-19(18)17-6-4-5-14(3)11-17/h4-13H,1-3H3. The molecule has 0 atom stereocenters. The molecule has 0 bridgehead atoms. The molecule has 0 amide bonds. The van der Waals surface area contributed by atoms with Gasteiger partial charge in [-0.3, -0.25) is 4.98 Å². The van der Waals surface area contributed by atoms with E-state index in [1.807, 2.05) is 6.20 Å². The number of aromatic nitrogens is 1. The predicted molar refractivity (Wildman–Crippen MR) is 86.0 cm³/mol. The van der Waals surface area contributed by atoms with E-state index in [4.69, 9.17) is 0 Å². The van der Waals surface area contributed by atoms with Gasteiger partial charge < -0.3 is 0 Å². The van der Waals surface area contributed by atoms with Crippen molar-refractivity contribution in [3.8, 4) is 11.3 Å². The van der Waals surface area contributed by atoms with E-state index in [9.17, 15) is 0 Å². The second-order valence-corrected chi connectivity index (χ2v) is 5.66. The van der Waals surface area contributed by atoms with Gasteiger partial charge in [0, 0.05) is 17.1 Å². The Bertz CT molecular complexity index is 757. The Balaban J connectivity index is 2.22.